The molecule has 0 aliphatic heterocycles. The normalized spacial score (nSPS) is 10.7. The van der Waals surface area contributed by atoms with Crippen LogP contribution in [0.2, 0.25) is 0 Å². The molecular weight excluding hydrogens is 388 g/mol. The quantitative estimate of drug-likeness (QED) is 0.545. The van der Waals surface area contributed by atoms with Crippen LogP contribution in [0.5, 0.6) is 23.0 Å². The third-order valence-electron chi connectivity index (χ3n) is 4.76. The van der Waals surface area contributed by atoms with Crippen LogP contribution in [-0.2, 0) is 4.74 Å². The van der Waals surface area contributed by atoms with Crippen LogP contribution in [0, 0.1) is 6.92 Å². The van der Waals surface area contributed by atoms with Crippen molar-refractivity contribution in [1.82, 2.24) is 0 Å². The van der Waals surface area contributed by atoms with E-state index >= 15 is 0 Å². The van der Waals surface area contributed by atoms with E-state index in [0.717, 1.165) is 16.3 Å². The summed E-state index contributed by atoms with van der Waals surface area (Å²) in [6, 6.07) is 10.6. The van der Waals surface area contributed by atoms with Crippen molar-refractivity contribution in [2.45, 2.75) is 6.92 Å². The number of hydrogen-bond donors (Lipinski definition) is 1. The average Bonchev–Trinajstić information content (AvgIpc) is 2.75. The first kappa shape index (κ1) is 21.3. The Hall–Kier alpha value is -3.45. The van der Waals surface area contributed by atoms with E-state index in [4.69, 9.17) is 23.7 Å². The topological polar surface area (TPSA) is 83.5 Å². The van der Waals surface area contributed by atoms with Gasteiger partial charge in [0.2, 0.25) is 0 Å². The second kappa shape index (κ2) is 8.92. The number of rotatable bonds is 8. The molecule has 0 saturated heterocycles. The van der Waals surface area contributed by atoms with Gasteiger partial charge in [0.05, 0.1) is 32.3 Å². The maximum Gasteiger partial charge on any atom is 0.336 e. The van der Waals surface area contributed by atoms with Gasteiger partial charge in [-0.15, -0.1) is 0 Å². The van der Waals surface area contributed by atoms with Gasteiger partial charge in [0.25, 0.3) is 0 Å². The molecule has 1 N–H and O–H groups in total. The lowest BCUT2D eigenvalue weighted by molar-refractivity contribution is 0.0511. The van der Waals surface area contributed by atoms with Crippen LogP contribution in [0.25, 0.3) is 21.9 Å². The summed E-state index contributed by atoms with van der Waals surface area (Å²) in [4.78, 5) is 12.1. The summed E-state index contributed by atoms with van der Waals surface area (Å²) in [6.45, 7) is 1.77. The van der Waals surface area contributed by atoms with Crippen LogP contribution >= 0.6 is 0 Å². The number of fused-ring (bicyclic) bond motifs is 1. The molecule has 158 valence electrons. The summed E-state index contributed by atoms with van der Waals surface area (Å²) >= 11 is 0. The fraction of sp³-hybridized carbons (Fsp3) is 0.261. The number of ether oxygens (including phenoxy) is 5. The van der Waals surface area contributed by atoms with Crippen molar-refractivity contribution < 1.29 is 33.6 Å². The van der Waals surface area contributed by atoms with Crippen molar-refractivity contribution in [2.75, 3.05) is 35.2 Å². The molecule has 7 nitrogen and oxygen atoms in total. The molecular formula is C23H24O7. The van der Waals surface area contributed by atoms with E-state index in [9.17, 15) is 9.90 Å². The zero-order valence-corrected chi connectivity index (χ0v) is 17.6. The number of carbonyl (C=O) groups is 1. The highest BCUT2D eigenvalue weighted by Gasteiger charge is 2.25. The summed E-state index contributed by atoms with van der Waals surface area (Å²) in [5.74, 6) is 0.915. The van der Waals surface area contributed by atoms with E-state index in [1.165, 1.54) is 14.2 Å². The largest absolute Gasteiger partial charge is 0.496 e. The highest BCUT2D eigenvalue weighted by molar-refractivity contribution is 6.06. The Balaban J connectivity index is 2.46. The van der Waals surface area contributed by atoms with Crippen LogP contribution < -0.4 is 18.9 Å². The van der Waals surface area contributed by atoms with Gasteiger partial charge in [0, 0.05) is 23.6 Å². The Kier molecular flexibility index (Phi) is 6.32. The zero-order chi connectivity index (χ0) is 21.8. The van der Waals surface area contributed by atoms with E-state index in [1.807, 2.05) is 18.2 Å². The standard InChI is InChI=1S/C23H24O7/c1-13-9-16(23(24)25)20(19(10-13)30-12-26-2)15-11-18(28-4)21-14(22(15)29-5)7-6-8-17(21)27-3/h6-11H,12H2,1-5H3,(H,24,25). The lowest BCUT2D eigenvalue weighted by Crippen LogP contribution is -2.07. The predicted octanol–water partition coefficient (Wildman–Crippen LogP) is 4.52. The van der Waals surface area contributed by atoms with Crippen molar-refractivity contribution >= 4 is 16.7 Å². The minimum absolute atomic E-state index is 0.0314. The van der Waals surface area contributed by atoms with Gasteiger partial charge in [-0.3, -0.25) is 0 Å². The van der Waals surface area contributed by atoms with E-state index in [-0.39, 0.29) is 12.4 Å². The molecule has 0 radical (unpaired) electrons. The van der Waals surface area contributed by atoms with Crippen molar-refractivity contribution in [3.63, 3.8) is 0 Å². The number of methoxy groups -OCH3 is 4. The molecule has 0 amide bonds. The van der Waals surface area contributed by atoms with Gasteiger partial charge >= 0.3 is 5.97 Å². The number of aryl methyl sites for hydroxylation is 1. The van der Waals surface area contributed by atoms with E-state index in [2.05, 4.69) is 0 Å². The van der Waals surface area contributed by atoms with E-state index in [1.54, 1.807) is 39.3 Å². The predicted molar refractivity (Wildman–Crippen MR) is 113 cm³/mol. The van der Waals surface area contributed by atoms with Gasteiger partial charge in [0.15, 0.2) is 6.79 Å². The maximum absolute atomic E-state index is 12.1. The molecule has 0 aromatic heterocycles. The second-order valence-corrected chi connectivity index (χ2v) is 6.58. The molecule has 0 atom stereocenters. The molecule has 0 aliphatic rings. The number of carboxylic acid groups (broad SMARTS) is 1. The first-order valence-electron chi connectivity index (χ1n) is 9.18. The second-order valence-electron chi connectivity index (χ2n) is 6.58. The Morgan fingerprint density at radius 2 is 1.67 bits per heavy atom. The molecule has 30 heavy (non-hydrogen) atoms. The highest BCUT2D eigenvalue weighted by Crippen LogP contribution is 2.48. The Morgan fingerprint density at radius 1 is 0.933 bits per heavy atom. The van der Waals surface area contributed by atoms with Gasteiger partial charge in [-0.2, -0.15) is 0 Å². The molecule has 0 saturated carbocycles. The number of aromatic carboxylic acids is 1. The smallest absolute Gasteiger partial charge is 0.336 e. The first-order chi connectivity index (χ1) is 14.5. The molecule has 0 heterocycles. The van der Waals surface area contributed by atoms with Crippen LogP contribution in [0.15, 0.2) is 36.4 Å². The molecule has 0 spiro atoms. The van der Waals surface area contributed by atoms with Gasteiger partial charge < -0.3 is 28.8 Å². The van der Waals surface area contributed by atoms with Gasteiger partial charge in [-0.05, 0) is 36.8 Å². The third kappa shape index (κ3) is 3.71. The molecule has 0 aliphatic carbocycles. The van der Waals surface area contributed by atoms with Gasteiger partial charge in [-0.25, -0.2) is 4.79 Å². The Labute approximate surface area is 174 Å². The fourth-order valence-corrected chi connectivity index (χ4v) is 3.56. The number of hydrogen-bond acceptors (Lipinski definition) is 6. The first-order valence-corrected chi connectivity index (χ1v) is 9.18. The molecule has 3 aromatic carbocycles. The van der Waals surface area contributed by atoms with Gasteiger partial charge in [-0.1, -0.05) is 12.1 Å². The summed E-state index contributed by atoms with van der Waals surface area (Å²) in [6.07, 6.45) is 0. The van der Waals surface area contributed by atoms with Crippen molar-refractivity contribution in [1.29, 1.82) is 0 Å². The average molecular weight is 412 g/mol. The van der Waals surface area contributed by atoms with Crippen LogP contribution in [0.1, 0.15) is 15.9 Å². The van der Waals surface area contributed by atoms with Crippen molar-refractivity contribution in [3.05, 3.63) is 47.5 Å². The molecule has 3 rings (SSSR count). The van der Waals surface area contributed by atoms with Gasteiger partial charge in [0.1, 0.15) is 23.0 Å². The summed E-state index contributed by atoms with van der Waals surface area (Å²) < 4.78 is 27.6. The molecule has 0 unspecified atom stereocenters. The van der Waals surface area contributed by atoms with Crippen molar-refractivity contribution in [2.24, 2.45) is 0 Å². The summed E-state index contributed by atoms with van der Waals surface area (Å²) in [5, 5.41) is 11.4. The lowest BCUT2D eigenvalue weighted by Gasteiger charge is -2.20. The van der Waals surface area contributed by atoms with E-state index in [0.29, 0.717) is 34.1 Å². The molecule has 7 heteroatoms. The monoisotopic (exact) mass is 412 g/mol. The van der Waals surface area contributed by atoms with Crippen LogP contribution in [0.3, 0.4) is 0 Å². The highest BCUT2D eigenvalue weighted by atomic mass is 16.7. The molecule has 0 fully saturated rings. The maximum atomic E-state index is 12.1. The van der Waals surface area contributed by atoms with Crippen LogP contribution in [-0.4, -0.2) is 46.3 Å². The number of carboxylic acids is 1. The molecule has 3 aromatic rings. The SMILES string of the molecule is COCOc1cc(C)cc(C(=O)O)c1-c1cc(OC)c2c(OC)cccc2c1OC. The summed E-state index contributed by atoms with van der Waals surface area (Å²) in [5.41, 5.74) is 1.74. The summed E-state index contributed by atoms with van der Waals surface area (Å²) in [7, 11) is 6.16. The zero-order valence-electron chi connectivity index (χ0n) is 17.6. The minimum Gasteiger partial charge on any atom is -0.496 e. The van der Waals surface area contributed by atoms with E-state index < -0.39 is 5.97 Å². The molecule has 0 bridgehead atoms. The van der Waals surface area contributed by atoms with Crippen LogP contribution in [0.4, 0.5) is 0 Å². The van der Waals surface area contributed by atoms with Crippen molar-refractivity contribution in [3.8, 4) is 34.1 Å². The minimum atomic E-state index is -1.08. The Bertz CT molecular complexity index is 1090. The fourth-order valence-electron chi connectivity index (χ4n) is 3.56. The Morgan fingerprint density at radius 3 is 2.27 bits per heavy atom. The third-order valence-corrected chi connectivity index (χ3v) is 4.76. The lowest BCUT2D eigenvalue weighted by atomic mass is 9.92. The number of benzene rings is 3.